The highest BCUT2D eigenvalue weighted by Gasteiger charge is 2.54. The van der Waals surface area contributed by atoms with Crippen LogP contribution in [0.25, 0.3) is 0 Å². The maximum Gasteiger partial charge on any atom is 0.366 e. The minimum Gasteiger partial charge on any atom is -0.465 e. The van der Waals surface area contributed by atoms with Gasteiger partial charge in [0.1, 0.15) is 12.2 Å². The van der Waals surface area contributed by atoms with Crippen LogP contribution < -0.4 is 5.32 Å². The van der Waals surface area contributed by atoms with Crippen LogP contribution in [0.1, 0.15) is 20.3 Å². The predicted octanol–water partition coefficient (Wildman–Crippen LogP) is -2.76. The van der Waals surface area contributed by atoms with Gasteiger partial charge in [0.05, 0.1) is 25.4 Å². The van der Waals surface area contributed by atoms with Gasteiger partial charge in [-0.2, -0.15) is 0 Å². The molecule has 6 atom stereocenters. The minimum atomic E-state index is -2.47. The molecular weight excluding hydrogens is 286 g/mol. The average Bonchev–Trinajstić information content (AvgIpc) is 2.39. The Morgan fingerprint density at radius 1 is 1.43 bits per heavy atom. The molecule has 0 aromatic rings. The van der Waals surface area contributed by atoms with Crippen molar-refractivity contribution in [1.29, 1.82) is 0 Å². The van der Waals surface area contributed by atoms with E-state index in [-0.39, 0.29) is 0 Å². The van der Waals surface area contributed by atoms with E-state index in [4.69, 9.17) is 4.74 Å². The number of amides is 1. The molecule has 1 fully saturated rings. The van der Waals surface area contributed by atoms with Gasteiger partial charge in [-0.05, 0) is 6.92 Å². The summed E-state index contributed by atoms with van der Waals surface area (Å²) >= 11 is 0. The first kappa shape index (κ1) is 17.8. The maximum atomic E-state index is 11.6. The summed E-state index contributed by atoms with van der Waals surface area (Å²) in [5, 5.41) is 41.9. The Bertz CT molecular complexity index is 401. The molecule has 0 aromatic heterocycles. The normalized spacial score (nSPS) is 35.7. The SMILES string of the molecule is COC(=O)C1(O)C[C@H](O)[C@@H](NC(C)=O)[C@H]([C@H](O)[C@@H](C)O)O1. The van der Waals surface area contributed by atoms with Crippen molar-refractivity contribution in [3.05, 3.63) is 0 Å². The van der Waals surface area contributed by atoms with E-state index in [1.54, 1.807) is 0 Å². The van der Waals surface area contributed by atoms with Crippen LogP contribution in [0.15, 0.2) is 0 Å². The summed E-state index contributed by atoms with van der Waals surface area (Å²) in [6, 6.07) is -1.10. The van der Waals surface area contributed by atoms with E-state index < -0.39 is 54.5 Å². The third-order valence-electron chi connectivity index (χ3n) is 3.29. The van der Waals surface area contributed by atoms with Gasteiger partial charge < -0.3 is 35.2 Å². The number of aliphatic hydroxyl groups excluding tert-OH is 3. The van der Waals surface area contributed by atoms with Crippen molar-refractivity contribution in [3.63, 3.8) is 0 Å². The summed E-state index contributed by atoms with van der Waals surface area (Å²) < 4.78 is 9.52. The summed E-state index contributed by atoms with van der Waals surface area (Å²) in [5.74, 6) is -4.12. The zero-order valence-corrected chi connectivity index (χ0v) is 12.0. The first-order chi connectivity index (χ1) is 9.62. The van der Waals surface area contributed by atoms with E-state index >= 15 is 0 Å². The van der Waals surface area contributed by atoms with Crippen LogP contribution in [0.4, 0.5) is 0 Å². The molecule has 0 spiro atoms. The molecule has 0 aromatic carbocycles. The van der Waals surface area contributed by atoms with Crippen molar-refractivity contribution in [1.82, 2.24) is 5.32 Å². The van der Waals surface area contributed by atoms with E-state index in [2.05, 4.69) is 10.1 Å². The van der Waals surface area contributed by atoms with Crippen LogP contribution in [0.2, 0.25) is 0 Å². The van der Waals surface area contributed by atoms with Crippen molar-refractivity contribution in [2.24, 2.45) is 0 Å². The van der Waals surface area contributed by atoms with Gasteiger partial charge in [0.15, 0.2) is 0 Å². The number of rotatable bonds is 4. The molecule has 5 N–H and O–H groups in total. The molecular formula is C12H21NO8. The topological polar surface area (TPSA) is 146 Å². The smallest absolute Gasteiger partial charge is 0.366 e. The average molecular weight is 307 g/mol. The molecule has 1 amide bonds. The Hall–Kier alpha value is -1.26. The Balaban J connectivity index is 3.08. The second-order valence-electron chi connectivity index (χ2n) is 5.09. The summed E-state index contributed by atoms with van der Waals surface area (Å²) in [6.45, 7) is 2.46. The highest BCUT2D eigenvalue weighted by molar-refractivity contribution is 5.78. The first-order valence-corrected chi connectivity index (χ1v) is 6.42. The summed E-state index contributed by atoms with van der Waals surface area (Å²) in [4.78, 5) is 22.7. The van der Waals surface area contributed by atoms with Crippen LogP contribution in [0.3, 0.4) is 0 Å². The summed E-state index contributed by atoms with van der Waals surface area (Å²) in [6.07, 6.45) is -6.16. The minimum absolute atomic E-state index is 0.506. The first-order valence-electron chi connectivity index (χ1n) is 6.42. The van der Waals surface area contributed by atoms with Crippen molar-refractivity contribution in [2.45, 2.75) is 56.5 Å². The number of aliphatic hydroxyl groups is 4. The summed E-state index contributed by atoms with van der Waals surface area (Å²) in [5.41, 5.74) is 0. The molecule has 9 heteroatoms. The zero-order chi connectivity index (χ0) is 16.4. The van der Waals surface area contributed by atoms with E-state index in [0.29, 0.717) is 0 Å². The maximum absolute atomic E-state index is 11.6. The summed E-state index contributed by atoms with van der Waals surface area (Å²) in [7, 11) is 1.02. The molecule has 1 heterocycles. The Labute approximate surface area is 121 Å². The van der Waals surface area contributed by atoms with Gasteiger partial charge in [-0.25, -0.2) is 4.79 Å². The van der Waals surface area contributed by atoms with Crippen LogP contribution in [-0.4, -0.2) is 75.7 Å². The lowest BCUT2D eigenvalue weighted by Crippen LogP contribution is -2.67. The number of hydrogen-bond donors (Lipinski definition) is 5. The van der Waals surface area contributed by atoms with E-state index in [0.717, 1.165) is 7.11 Å². The molecule has 122 valence electrons. The third-order valence-corrected chi connectivity index (χ3v) is 3.29. The molecule has 1 aliphatic rings. The molecule has 1 aliphatic heterocycles. The van der Waals surface area contributed by atoms with Gasteiger partial charge in [0, 0.05) is 13.3 Å². The lowest BCUT2D eigenvalue weighted by atomic mass is 9.89. The molecule has 0 saturated carbocycles. The Morgan fingerprint density at radius 3 is 2.43 bits per heavy atom. The van der Waals surface area contributed by atoms with E-state index in [1.807, 2.05) is 0 Å². The molecule has 1 unspecified atom stereocenters. The number of carbonyl (C=O) groups is 2. The Kier molecular flexibility index (Phi) is 5.65. The molecule has 0 bridgehead atoms. The quantitative estimate of drug-likeness (QED) is 0.351. The van der Waals surface area contributed by atoms with Crippen molar-refractivity contribution < 1.29 is 39.5 Å². The second-order valence-corrected chi connectivity index (χ2v) is 5.09. The van der Waals surface area contributed by atoms with Gasteiger partial charge >= 0.3 is 5.97 Å². The highest BCUT2D eigenvalue weighted by Crippen LogP contribution is 2.31. The lowest BCUT2D eigenvalue weighted by molar-refractivity contribution is -0.295. The van der Waals surface area contributed by atoms with E-state index in [9.17, 15) is 30.0 Å². The largest absolute Gasteiger partial charge is 0.465 e. The molecule has 9 nitrogen and oxygen atoms in total. The predicted molar refractivity (Wildman–Crippen MR) is 67.8 cm³/mol. The monoisotopic (exact) mass is 307 g/mol. The van der Waals surface area contributed by atoms with Crippen LogP contribution in [0.5, 0.6) is 0 Å². The number of esters is 1. The fourth-order valence-corrected chi connectivity index (χ4v) is 2.24. The van der Waals surface area contributed by atoms with Gasteiger partial charge in [0.2, 0.25) is 5.91 Å². The van der Waals surface area contributed by atoms with Gasteiger partial charge in [-0.1, -0.05) is 0 Å². The zero-order valence-electron chi connectivity index (χ0n) is 12.0. The number of methoxy groups -OCH3 is 1. The molecule has 0 aliphatic carbocycles. The molecule has 21 heavy (non-hydrogen) atoms. The van der Waals surface area contributed by atoms with Crippen LogP contribution in [-0.2, 0) is 19.1 Å². The number of nitrogens with one attached hydrogen (secondary N) is 1. The fraction of sp³-hybridized carbons (Fsp3) is 0.833. The third kappa shape index (κ3) is 3.89. The Morgan fingerprint density at radius 2 is 2.00 bits per heavy atom. The molecule has 1 saturated heterocycles. The fourth-order valence-electron chi connectivity index (χ4n) is 2.24. The van der Waals surface area contributed by atoms with Crippen molar-refractivity contribution >= 4 is 11.9 Å². The second kappa shape index (κ2) is 6.67. The number of carbonyl (C=O) groups excluding carboxylic acids is 2. The van der Waals surface area contributed by atoms with Crippen molar-refractivity contribution in [3.8, 4) is 0 Å². The van der Waals surface area contributed by atoms with Gasteiger partial charge in [-0.3, -0.25) is 4.79 Å². The van der Waals surface area contributed by atoms with Crippen LogP contribution >= 0.6 is 0 Å². The van der Waals surface area contributed by atoms with Gasteiger partial charge in [-0.15, -0.1) is 0 Å². The van der Waals surface area contributed by atoms with Crippen molar-refractivity contribution in [2.75, 3.05) is 7.11 Å². The molecule has 1 rings (SSSR count). The lowest BCUT2D eigenvalue weighted by Gasteiger charge is -2.44. The standard InChI is InChI=1S/C12H21NO8/c1-5(14)9(17)10-8(13-6(2)15)7(16)4-12(19,21-10)11(18)20-3/h5,7-10,14,16-17,19H,4H2,1-3H3,(H,13,15)/t5-,7+,8-,9-,10-,12?/m1/s1. The number of ether oxygens (including phenoxy) is 2. The molecule has 0 radical (unpaired) electrons. The van der Waals surface area contributed by atoms with Gasteiger partial charge in [0.25, 0.3) is 5.79 Å². The van der Waals surface area contributed by atoms with E-state index in [1.165, 1.54) is 13.8 Å². The van der Waals surface area contributed by atoms with Crippen LogP contribution in [0, 0.1) is 0 Å². The highest BCUT2D eigenvalue weighted by atomic mass is 16.7. The number of hydrogen-bond acceptors (Lipinski definition) is 8.